The molecule has 0 aliphatic heterocycles. The zero-order valence-electron chi connectivity index (χ0n) is 11.6. The van der Waals surface area contributed by atoms with Crippen LogP contribution in [0.15, 0.2) is 47.3 Å². The second-order valence-corrected chi connectivity index (χ2v) is 5.00. The van der Waals surface area contributed by atoms with Crippen molar-refractivity contribution in [1.29, 1.82) is 0 Å². The molecule has 3 N–H and O–H groups in total. The molecule has 0 aliphatic rings. The molecular formula is C16H15N3O2. The molecule has 0 atom stereocenters. The summed E-state index contributed by atoms with van der Waals surface area (Å²) in [6.07, 6.45) is 0.321. The predicted octanol–water partition coefficient (Wildman–Crippen LogP) is 2.35. The Hall–Kier alpha value is -2.82. The number of imidazole rings is 1. The molecule has 0 bridgehead atoms. The van der Waals surface area contributed by atoms with Crippen LogP contribution in [0, 0.1) is 6.92 Å². The minimum atomic E-state index is -0.253. The van der Waals surface area contributed by atoms with Gasteiger partial charge in [0.25, 0.3) is 0 Å². The average molecular weight is 281 g/mol. The topological polar surface area (TPSA) is 77.8 Å². The predicted molar refractivity (Wildman–Crippen MR) is 82.4 cm³/mol. The van der Waals surface area contributed by atoms with Crippen LogP contribution >= 0.6 is 0 Å². The van der Waals surface area contributed by atoms with Crippen molar-refractivity contribution >= 4 is 22.6 Å². The first-order valence-corrected chi connectivity index (χ1v) is 6.68. The number of benzene rings is 2. The van der Waals surface area contributed by atoms with Crippen LogP contribution in [0.3, 0.4) is 0 Å². The van der Waals surface area contributed by atoms with Crippen LogP contribution in [-0.4, -0.2) is 15.9 Å². The Morgan fingerprint density at radius 3 is 2.48 bits per heavy atom. The standard InChI is InChI=1S/C16H15N3O2/c1-10-7-13-14(19-16(21)18-13)9-12(10)17-15(20)8-11-5-3-2-4-6-11/h2-7,9H,8H2,1H3,(H,17,20)(H2,18,19,21). The van der Waals surface area contributed by atoms with Crippen LogP contribution in [-0.2, 0) is 11.2 Å². The maximum absolute atomic E-state index is 12.1. The number of aromatic amines is 2. The van der Waals surface area contributed by atoms with Gasteiger partial charge in [-0.25, -0.2) is 4.79 Å². The summed E-state index contributed by atoms with van der Waals surface area (Å²) in [4.78, 5) is 28.7. The van der Waals surface area contributed by atoms with Crippen molar-refractivity contribution in [2.45, 2.75) is 13.3 Å². The molecule has 3 aromatic rings. The molecule has 0 fully saturated rings. The molecule has 0 saturated carbocycles. The van der Waals surface area contributed by atoms with Crippen molar-refractivity contribution in [2.24, 2.45) is 0 Å². The number of aromatic nitrogens is 2. The van der Waals surface area contributed by atoms with Crippen LogP contribution in [0.5, 0.6) is 0 Å². The van der Waals surface area contributed by atoms with Gasteiger partial charge in [0.2, 0.25) is 5.91 Å². The van der Waals surface area contributed by atoms with Crippen molar-refractivity contribution in [1.82, 2.24) is 9.97 Å². The number of aryl methyl sites for hydroxylation is 1. The quantitative estimate of drug-likeness (QED) is 0.689. The van der Waals surface area contributed by atoms with E-state index in [-0.39, 0.29) is 11.6 Å². The Labute approximate surface area is 121 Å². The van der Waals surface area contributed by atoms with E-state index in [1.54, 1.807) is 6.07 Å². The number of hydrogen-bond donors (Lipinski definition) is 3. The fourth-order valence-electron chi connectivity index (χ4n) is 2.30. The van der Waals surface area contributed by atoms with Gasteiger partial charge in [0.15, 0.2) is 0 Å². The van der Waals surface area contributed by atoms with Gasteiger partial charge in [-0.3, -0.25) is 4.79 Å². The Kier molecular flexibility index (Phi) is 3.31. The lowest BCUT2D eigenvalue weighted by atomic mass is 10.1. The molecule has 5 nitrogen and oxygen atoms in total. The van der Waals surface area contributed by atoms with E-state index in [0.717, 1.165) is 16.6 Å². The zero-order valence-corrected chi connectivity index (χ0v) is 11.6. The fourth-order valence-corrected chi connectivity index (χ4v) is 2.30. The maximum atomic E-state index is 12.1. The second-order valence-electron chi connectivity index (χ2n) is 5.00. The molecule has 1 heterocycles. The Morgan fingerprint density at radius 2 is 1.76 bits per heavy atom. The number of fused-ring (bicyclic) bond motifs is 1. The molecule has 3 rings (SSSR count). The largest absolute Gasteiger partial charge is 0.325 e. The van der Waals surface area contributed by atoms with Crippen molar-refractivity contribution in [3.8, 4) is 0 Å². The zero-order chi connectivity index (χ0) is 14.8. The van der Waals surface area contributed by atoms with Crippen LogP contribution < -0.4 is 11.0 Å². The normalized spacial score (nSPS) is 10.7. The smallest absolute Gasteiger partial charge is 0.323 e. The van der Waals surface area contributed by atoms with E-state index in [4.69, 9.17) is 0 Å². The van der Waals surface area contributed by atoms with Crippen molar-refractivity contribution < 1.29 is 4.79 Å². The highest BCUT2D eigenvalue weighted by atomic mass is 16.1. The lowest BCUT2D eigenvalue weighted by molar-refractivity contribution is -0.115. The number of amides is 1. The molecule has 0 unspecified atom stereocenters. The highest BCUT2D eigenvalue weighted by Crippen LogP contribution is 2.20. The molecule has 0 saturated heterocycles. The van der Waals surface area contributed by atoms with Crippen LogP contribution in [0.2, 0.25) is 0 Å². The Bertz CT molecular complexity index is 847. The van der Waals surface area contributed by atoms with Gasteiger partial charge in [0.05, 0.1) is 17.5 Å². The first kappa shape index (κ1) is 13.2. The minimum Gasteiger partial charge on any atom is -0.325 e. The fraction of sp³-hybridized carbons (Fsp3) is 0.125. The highest BCUT2D eigenvalue weighted by molar-refractivity contribution is 5.95. The molecule has 2 aromatic carbocycles. The van der Waals surface area contributed by atoms with Gasteiger partial charge < -0.3 is 15.3 Å². The average Bonchev–Trinajstić information content (AvgIpc) is 2.79. The van der Waals surface area contributed by atoms with E-state index in [1.807, 2.05) is 43.3 Å². The first-order chi connectivity index (χ1) is 10.1. The number of rotatable bonds is 3. The van der Waals surface area contributed by atoms with E-state index in [9.17, 15) is 9.59 Å². The SMILES string of the molecule is Cc1cc2[nH]c(=O)[nH]c2cc1NC(=O)Cc1ccccc1. The summed E-state index contributed by atoms with van der Waals surface area (Å²) in [5.74, 6) is -0.0819. The summed E-state index contributed by atoms with van der Waals surface area (Å²) in [7, 11) is 0. The number of hydrogen-bond acceptors (Lipinski definition) is 2. The monoisotopic (exact) mass is 281 g/mol. The molecule has 0 radical (unpaired) electrons. The lowest BCUT2D eigenvalue weighted by Crippen LogP contribution is -2.15. The summed E-state index contributed by atoms with van der Waals surface area (Å²) >= 11 is 0. The van der Waals surface area contributed by atoms with Gasteiger partial charge >= 0.3 is 5.69 Å². The van der Waals surface area contributed by atoms with Gasteiger partial charge in [0.1, 0.15) is 0 Å². The van der Waals surface area contributed by atoms with E-state index >= 15 is 0 Å². The third-order valence-corrected chi connectivity index (χ3v) is 3.34. The van der Waals surface area contributed by atoms with E-state index in [1.165, 1.54) is 0 Å². The minimum absolute atomic E-state index is 0.0819. The molecule has 5 heteroatoms. The molecule has 0 aliphatic carbocycles. The number of anilines is 1. The van der Waals surface area contributed by atoms with Crippen LogP contribution in [0.25, 0.3) is 11.0 Å². The molecule has 0 spiro atoms. The molecule has 106 valence electrons. The molecule has 1 amide bonds. The Morgan fingerprint density at radius 1 is 1.10 bits per heavy atom. The number of nitrogens with one attached hydrogen (secondary N) is 3. The van der Waals surface area contributed by atoms with Crippen LogP contribution in [0.1, 0.15) is 11.1 Å². The molecule has 21 heavy (non-hydrogen) atoms. The third kappa shape index (κ3) is 2.86. The van der Waals surface area contributed by atoms with Crippen molar-refractivity contribution in [3.63, 3.8) is 0 Å². The van der Waals surface area contributed by atoms with Crippen LogP contribution in [0.4, 0.5) is 5.69 Å². The highest BCUT2D eigenvalue weighted by Gasteiger charge is 2.08. The van der Waals surface area contributed by atoms with Gasteiger partial charge in [-0.2, -0.15) is 0 Å². The van der Waals surface area contributed by atoms with E-state index < -0.39 is 0 Å². The van der Waals surface area contributed by atoms with Gasteiger partial charge in [0, 0.05) is 5.69 Å². The summed E-state index contributed by atoms with van der Waals surface area (Å²) < 4.78 is 0. The third-order valence-electron chi connectivity index (χ3n) is 3.34. The summed E-state index contributed by atoms with van der Waals surface area (Å²) in [5.41, 5.74) is 3.73. The number of carbonyl (C=O) groups is 1. The summed E-state index contributed by atoms with van der Waals surface area (Å²) in [6, 6.07) is 13.2. The Balaban J connectivity index is 1.82. The molecular weight excluding hydrogens is 266 g/mol. The van der Waals surface area contributed by atoms with Crippen molar-refractivity contribution in [3.05, 3.63) is 64.1 Å². The molecule has 1 aromatic heterocycles. The van der Waals surface area contributed by atoms with Gasteiger partial charge in [-0.15, -0.1) is 0 Å². The summed E-state index contributed by atoms with van der Waals surface area (Å²) in [5, 5.41) is 2.89. The van der Waals surface area contributed by atoms with Gasteiger partial charge in [-0.1, -0.05) is 30.3 Å². The van der Waals surface area contributed by atoms with Gasteiger partial charge in [-0.05, 0) is 30.2 Å². The maximum Gasteiger partial charge on any atom is 0.323 e. The number of carbonyl (C=O) groups excluding carboxylic acids is 1. The summed E-state index contributed by atoms with van der Waals surface area (Å²) in [6.45, 7) is 1.89. The number of H-pyrrole nitrogens is 2. The van der Waals surface area contributed by atoms with E-state index in [0.29, 0.717) is 17.6 Å². The first-order valence-electron chi connectivity index (χ1n) is 6.68. The second kappa shape index (κ2) is 5.28. The lowest BCUT2D eigenvalue weighted by Gasteiger charge is -2.08. The van der Waals surface area contributed by atoms with E-state index in [2.05, 4.69) is 15.3 Å². The van der Waals surface area contributed by atoms with Crippen molar-refractivity contribution in [2.75, 3.05) is 5.32 Å².